The average Bonchev–Trinajstić information content (AvgIpc) is 3.30. The molecular formula is C26H29ClFN3O2S. The number of carbonyl (C=O) groups excluding carboxylic acids is 2. The molecule has 0 N–H and O–H groups in total. The first-order chi connectivity index (χ1) is 16.5. The molecule has 3 saturated heterocycles. The lowest BCUT2D eigenvalue weighted by Crippen LogP contribution is -2.58. The highest BCUT2D eigenvalue weighted by molar-refractivity contribution is 7.99. The first-order valence-corrected chi connectivity index (χ1v) is 13.4. The van der Waals surface area contributed by atoms with E-state index < -0.39 is 0 Å². The van der Waals surface area contributed by atoms with Crippen LogP contribution in [0.3, 0.4) is 0 Å². The Kier molecular flexibility index (Phi) is 7.14. The van der Waals surface area contributed by atoms with Crippen LogP contribution in [0.25, 0.3) is 0 Å². The maximum atomic E-state index is 13.2. The minimum Gasteiger partial charge on any atom is -0.320 e. The topological polar surface area (TPSA) is 43.9 Å². The third kappa shape index (κ3) is 5.11. The van der Waals surface area contributed by atoms with Gasteiger partial charge in [-0.2, -0.15) is 11.8 Å². The number of piperidine rings is 1. The van der Waals surface area contributed by atoms with E-state index in [9.17, 15) is 14.0 Å². The molecule has 2 atom stereocenters. The summed E-state index contributed by atoms with van der Waals surface area (Å²) in [5.74, 6) is 1.42. The molecule has 0 saturated carbocycles. The summed E-state index contributed by atoms with van der Waals surface area (Å²) in [6.07, 6.45) is 3.32. The molecule has 3 heterocycles. The molecule has 5 nitrogen and oxygen atoms in total. The van der Waals surface area contributed by atoms with Crippen LogP contribution >= 0.6 is 23.4 Å². The highest BCUT2D eigenvalue weighted by atomic mass is 35.5. The number of urea groups is 1. The van der Waals surface area contributed by atoms with Crippen molar-refractivity contribution < 1.29 is 14.0 Å². The Morgan fingerprint density at radius 1 is 0.971 bits per heavy atom. The number of anilines is 1. The van der Waals surface area contributed by atoms with Crippen LogP contribution in [0, 0.1) is 11.7 Å². The van der Waals surface area contributed by atoms with Gasteiger partial charge in [0.05, 0.1) is 5.69 Å². The van der Waals surface area contributed by atoms with Crippen LogP contribution in [0.5, 0.6) is 0 Å². The Balaban J connectivity index is 1.14. The van der Waals surface area contributed by atoms with E-state index in [1.54, 1.807) is 36.4 Å². The standard InChI is InChI=1S/C26H29ClFN3O2S/c27-20-3-7-23(8-4-20)31-25(32)11-14-30(26(31)33)22-9-12-29(13-10-22)16-18-15-24(34-17-18)19-1-5-21(28)6-2-19/h1-8,18,22,24H,9-17H2. The van der Waals surface area contributed by atoms with Gasteiger partial charge < -0.3 is 9.80 Å². The molecule has 5 rings (SSSR count). The molecule has 3 aliphatic heterocycles. The number of hydrogen-bond acceptors (Lipinski definition) is 4. The minimum absolute atomic E-state index is 0.157. The predicted molar refractivity (Wildman–Crippen MR) is 135 cm³/mol. The maximum Gasteiger partial charge on any atom is 0.331 e. The molecule has 2 aromatic rings. The van der Waals surface area contributed by atoms with Crippen molar-refractivity contribution >= 4 is 41.0 Å². The Morgan fingerprint density at radius 2 is 1.68 bits per heavy atom. The molecule has 3 amide bonds. The molecule has 2 aromatic carbocycles. The van der Waals surface area contributed by atoms with Gasteiger partial charge >= 0.3 is 6.03 Å². The third-order valence-electron chi connectivity index (χ3n) is 7.17. The number of likely N-dealkylation sites (tertiary alicyclic amines) is 1. The first-order valence-electron chi connectivity index (χ1n) is 12.0. The zero-order valence-electron chi connectivity index (χ0n) is 19.0. The molecule has 3 fully saturated rings. The van der Waals surface area contributed by atoms with Crippen molar-refractivity contribution in [3.63, 3.8) is 0 Å². The molecule has 8 heteroatoms. The fourth-order valence-electron chi connectivity index (χ4n) is 5.35. The highest BCUT2D eigenvalue weighted by Crippen LogP contribution is 2.43. The van der Waals surface area contributed by atoms with Gasteiger partial charge in [-0.3, -0.25) is 4.79 Å². The van der Waals surface area contributed by atoms with E-state index >= 15 is 0 Å². The number of carbonyl (C=O) groups is 2. The number of hydrogen-bond donors (Lipinski definition) is 0. The van der Waals surface area contributed by atoms with E-state index in [0.29, 0.717) is 34.8 Å². The van der Waals surface area contributed by atoms with Crippen molar-refractivity contribution in [1.82, 2.24) is 9.80 Å². The monoisotopic (exact) mass is 501 g/mol. The number of halogens is 2. The lowest BCUT2D eigenvalue weighted by molar-refractivity contribution is -0.119. The number of thioether (sulfide) groups is 1. The average molecular weight is 502 g/mol. The van der Waals surface area contributed by atoms with Crippen molar-refractivity contribution in [2.75, 3.05) is 36.8 Å². The van der Waals surface area contributed by atoms with Crippen LogP contribution in [0.4, 0.5) is 14.9 Å². The normalized spacial score (nSPS) is 24.8. The molecule has 3 aliphatic rings. The first kappa shape index (κ1) is 23.6. The van der Waals surface area contributed by atoms with Crippen molar-refractivity contribution in [2.24, 2.45) is 5.92 Å². The van der Waals surface area contributed by atoms with Crippen LogP contribution in [0.15, 0.2) is 48.5 Å². The van der Waals surface area contributed by atoms with Gasteiger partial charge in [-0.05, 0) is 72.9 Å². The van der Waals surface area contributed by atoms with E-state index in [4.69, 9.17) is 11.6 Å². The van der Waals surface area contributed by atoms with Gasteiger partial charge in [-0.25, -0.2) is 14.1 Å². The predicted octanol–water partition coefficient (Wildman–Crippen LogP) is 5.60. The largest absolute Gasteiger partial charge is 0.331 e. The number of imide groups is 1. The van der Waals surface area contributed by atoms with Crippen molar-refractivity contribution in [1.29, 1.82) is 0 Å². The summed E-state index contributed by atoms with van der Waals surface area (Å²) in [6, 6.07) is 13.7. The summed E-state index contributed by atoms with van der Waals surface area (Å²) in [5, 5.41) is 1.03. The van der Waals surface area contributed by atoms with E-state index in [1.807, 2.05) is 28.8 Å². The molecule has 0 spiro atoms. The van der Waals surface area contributed by atoms with E-state index in [-0.39, 0.29) is 23.8 Å². The van der Waals surface area contributed by atoms with Crippen molar-refractivity contribution in [2.45, 2.75) is 37.0 Å². The summed E-state index contributed by atoms with van der Waals surface area (Å²) in [7, 11) is 0. The fraction of sp³-hybridized carbons (Fsp3) is 0.462. The summed E-state index contributed by atoms with van der Waals surface area (Å²) in [5.41, 5.74) is 1.80. The van der Waals surface area contributed by atoms with E-state index in [1.165, 1.54) is 10.5 Å². The Labute approximate surface area is 209 Å². The fourth-order valence-corrected chi connectivity index (χ4v) is 6.98. The van der Waals surface area contributed by atoms with Gasteiger partial charge in [-0.1, -0.05) is 23.7 Å². The van der Waals surface area contributed by atoms with Gasteiger partial charge in [0.2, 0.25) is 5.91 Å². The smallest absolute Gasteiger partial charge is 0.320 e. The molecule has 0 radical (unpaired) electrons. The van der Waals surface area contributed by atoms with Crippen LogP contribution in [-0.4, -0.2) is 59.7 Å². The summed E-state index contributed by atoms with van der Waals surface area (Å²) in [4.78, 5) is 31.5. The van der Waals surface area contributed by atoms with Crippen LogP contribution in [0.2, 0.25) is 5.02 Å². The maximum absolute atomic E-state index is 13.2. The second-order valence-electron chi connectivity index (χ2n) is 9.44. The van der Waals surface area contributed by atoms with Gasteiger partial charge in [0.15, 0.2) is 0 Å². The van der Waals surface area contributed by atoms with Crippen molar-refractivity contribution in [3.8, 4) is 0 Å². The summed E-state index contributed by atoms with van der Waals surface area (Å²) < 4.78 is 13.2. The van der Waals surface area contributed by atoms with E-state index in [2.05, 4.69) is 4.90 Å². The second kappa shape index (κ2) is 10.3. The molecule has 180 valence electrons. The van der Waals surface area contributed by atoms with Gasteiger partial charge in [-0.15, -0.1) is 0 Å². The lowest BCUT2D eigenvalue weighted by Gasteiger charge is -2.43. The van der Waals surface area contributed by atoms with Gasteiger partial charge in [0.1, 0.15) is 5.82 Å². The summed E-state index contributed by atoms with van der Waals surface area (Å²) >= 11 is 7.95. The molecule has 34 heavy (non-hydrogen) atoms. The molecule has 0 bridgehead atoms. The Bertz CT molecular complexity index is 1030. The van der Waals surface area contributed by atoms with Crippen molar-refractivity contribution in [3.05, 3.63) is 64.9 Å². The minimum atomic E-state index is -0.216. The Hall–Kier alpha value is -2.09. The van der Waals surface area contributed by atoms with Crippen LogP contribution < -0.4 is 4.90 Å². The number of amides is 3. The van der Waals surface area contributed by atoms with Gasteiger partial charge in [0.25, 0.3) is 0 Å². The second-order valence-corrected chi connectivity index (χ2v) is 11.1. The summed E-state index contributed by atoms with van der Waals surface area (Å²) in [6.45, 7) is 3.49. The third-order valence-corrected chi connectivity index (χ3v) is 8.96. The molecule has 0 aliphatic carbocycles. The highest BCUT2D eigenvalue weighted by Gasteiger charge is 2.38. The molecule has 2 unspecified atom stereocenters. The number of rotatable bonds is 5. The molecular weight excluding hydrogens is 473 g/mol. The van der Waals surface area contributed by atoms with Gasteiger partial charge in [0, 0.05) is 48.9 Å². The zero-order chi connectivity index (χ0) is 23.7. The van der Waals surface area contributed by atoms with Crippen LogP contribution in [-0.2, 0) is 4.79 Å². The van der Waals surface area contributed by atoms with Crippen LogP contribution in [0.1, 0.15) is 36.5 Å². The zero-order valence-corrected chi connectivity index (χ0v) is 20.6. The quantitative estimate of drug-likeness (QED) is 0.535. The lowest BCUT2D eigenvalue weighted by atomic mass is 9.97. The number of nitrogens with zero attached hydrogens (tertiary/aromatic N) is 3. The Morgan fingerprint density at radius 3 is 2.38 bits per heavy atom. The molecule has 0 aromatic heterocycles. The number of benzene rings is 2. The van der Waals surface area contributed by atoms with E-state index in [0.717, 1.165) is 44.6 Å². The SMILES string of the molecule is O=C1CCN(C2CCN(CC3CSC(c4ccc(F)cc4)C3)CC2)C(=O)N1c1ccc(Cl)cc1.